The topological polar surface area (TPSA) is 29.1 Å². The zero-order chi connectivity index (χ0) is 18.6. The van der Waals surface area contributed by atoms with Crippen molar-refractivity contribution in [2.24, 2.45) is 0 Å². The summed E-state index contributed by atoms with van der Waals surface area (Å²) in [5.74, 6) is 0.174. The predicted octanol–water partition coefficient (Wildman–Crippen LogP) is 6.94. The minimum atomic E-state index is 0.0483. The zero-order valence-corrected chi connectivity index (χ0v) is 16.6. The lowest BCUT2D eigenvalue weighted by molar-refractivity contribution is -0.121. The summed E-state index contributed by atoms with van der Waals surface area (Å²) in [7, 11) is 0. The van der Waals surface area contributed by atoms with Crippen molar-refractivity contribution in [1.29, 1.82) is 0 Å². The van der Waals surface area contributed by atoms with Gasteiger partial charge in [0.25, 0.3) is 0 Å². The molecule has 2 nitrogen and oxygen atoms in total. The van der Waals surface area contributed by atoms with E-state index in [1.54, 1.807) is 0 Å². The lowest BCUT2D eigenvalue weighted by atomic mass is 9.99. The van der Waals surface area contributed by atoms with Crippen LogP contribution in [0, 0.1) is 0 Å². The van der Waals surface area contributed by atoms with Gasteiger partial charge in [-0.25, -0.2) is 0 Å². The smallest absolute Gasteiger partial charge is 0.220 e. The number of fused-ring (bicyclic) bond motifs is 1. The minimum Gasteiger partial charge on any atom is -0.350 e. The Morgan fingerprint density at radius 1 is 0.846 bits per heavy atom. The van der Waals surface area contributed by atoms with Gasteiger partial charge in [-0.1, -0.05) is 101 Å². The SMILES string of the molecule is CCCCCCCCCCCC(=O)NC(C)c1cccc2ccccc12. The molecule has 1 N–H and O–H groups in total. The highest BCUT2D eigenvalue weighted by molar-refractivity contribution is 5.86. The largest absolute Gasteiger partial charge is 0.350 e. The van der Waals surface area contributed by atoms with E-state index in [4.69, 9.17) is 0 Å². The Hall–Kier alpha value is -1.83. The highest BCUT2D eigenvalue weighted by Gasteiger charge is 2.11. The number of rotatable bonds is 12. The molecule has 0 aliphatic heterocycles. The van der Waals surface area contributed by atoms with Crippen LogP contribution < -0.4 is 5.32 Å². The second-order valence-electron chi connectivity index (χ2n) is 7.44. The average Bonchev–Trinajstić information content (AvgIpc) is 2.66. The van der Waals surface area contributed by atoms with Crippen molar-refractivity contribution in [3.8, 4) is 0 Å². The molecule has 0 radical (unpaired) electrons. The number of carbonyl (C=O) groups excluding carboxylic acids is 1. The van der Waals surface area contributed by atoms with Crippen molar-refractivity contribution >= 4 is 16.7 Å². The molecule has 2 rings (SSSR count). The van der Waals surface area contributed by atoms with Gasteiger partial charge in [0.15, 0.2) is 0 Å². The minimum absolute atomic E-state index is 0.0483. The van der Waals surface area contributed by atoms with Crippen molar-refractivity contribution < 1.29 is 4.79 Å². The van der Waals surface area contributed by atoms with Crippen LogP contribution in [0.5, 0.6) is 0 Å². The normalized spacial score (nSPS) is 12.2. The van der Waals surface area contributed by atoms with E-state index in [1.165, 1.54) is 67.7 Å². The van der Waals surface area contributed by atoms with Crippen LogP contribution in [0.1, 0.15) is 89.7 Å². The Morgan fingerprint density at radius 3 is 2.19 bits per heavy atom. The Morgan fingerprint density at radius 2 is 1.46 bits per heavy atom. The Kier molecular flexibility index (Phi) is 9.23. The molecule has 142 valence electrons. The highest BCUT2D eigenvalue weighted by atomic mass is 16.1. The summed E-state index contributed by atoms with van der Waals surface area (Å²) < 4.78 is 0. The maximum Gasteiger partial charge on any atom is 0.220 e. The van der Waals surface area contributed by atoms with E-state index in [-0.39, 0.29) is 11.9 Å². The monoisotopic (exact) mass is 353 g/mol. The zero-order valence-electron chi connectivity index (χ0n) is 16.6. The van der Waals surface area contributed by atoms with E-state index in [1.807, 2.05) is 0 Å². The van der Waals surface area contributed by atoms with Crippen molar-refractivity contribution in [3.63, 3.8) is 0 Å². The van der Waals surface area contributed by atoms with Gasteiger partial charge in [0.05, 0.1) is 6.04 Å². The summed E-state index contributed by atoms with van der Waals surface area (Å²) in [4.78, 5) is 12.3. The van der Waals surface area contributed by atoms with Crippen LogP contribution in [0.2, 0.25) is 0 Å². The van der Waals surface area contributed by atoms with Crippen LogP contribution in [0.4, 0.5) is 0 Å². The van der Waals surface area contributed by atoms with Crippen molar-refractivity contribution in [3.05, 3.63) is 48.0 Å². The molecule has 0 heterocycles. The second-order valence-corrected chi connectivity index (χ2v) is 7.44. The fourth-order valence-corrected chi connectivity index (χ4v) is 3.62. The molecule has 2 heteroatoms. The van der Waals surface area contributed by atoms with Crippen LogP contribution in [-0.4, -0.2) is 5.91 Å². The summed E-state index contributed by atoms with van der Waals surface area (Å²) in [6, 6.07) is 14.7. The molecule has 0 fully saturated rings. The molecule has 0 aliphatic rings. The number of benzene rings is 2. The summed E-state index contributed by atoms with van der Waals surface area (Å²) in [5.41, 5.74) is 1.20. The molecular formula is C24H35NO. The first-order chi connectivity index (χ1) is 12.7. The summed E-state index contributed by atoms with van der Waals surface area (Å²) in [5, 5.41) is 5.63. The summed E-state index contributed by atoms with van der Waals surface area (Å²) in [6.07, 6.45) is 12.2. The summed E-state index contributed by atoms with van der Waals surface area (Å²) in [6.45, 7) is 4.34. The molecule has 0 aliphatic carbocycles. The van der Waals surface area contributed by atoms with Crippen LogP contribution in [-0.2, 0) is 4.79 Å². The lowest BCUT2D eigenvalue weighted by Crippen LogP contribution is -2.26. The number of amides is 1. The third-order valence-electron chi connectivity index (χ3n) is 5.17. The molecule has 1 amide bonds. The Balaban J connectivity index is 1.66. The molecule has 0 aromatic heterocycles. The maximum absolute atomic E-state index is 12.3. The molecule has 1 unspecified atom stereocenters. The van der Waals surface area contributed by atoms with Gasteiger partial charge in [0.2, 0.25) is 5.91 Å². The first-order valence-electron chi connectivity index (χ1n) is 10.5. The number of unbranched alkanes of at least 4 members (excludes halogenated alkanes) is 8. The van der Waals surface area contributed by atoms with E-state index in [0.717, 1.165) is 6.42 Å². The molecule has 0 saturated carbocycles. The summed E-state index contributed by atoms with van der Waals surface area (Å²) >= 11 is 0. The van der Waals surface area contributed by atoms with E-state index in [0.29, 0.717) is 6.42 Å². The van der Waals surface area contributed by atoms with Gasteiger partial charge in [0.1, 0.15) is 0 Å². The van der Waals surface area contributed by atoms with Crippen molar-refractivity contribution in [2.45, 2.75) is 84.1 Å². The van der Waals surface area contributed by atoms with Gasteiger partial charge >= 0.3 is 0 Å². The average molecular weight is 354 g/mol. The molecule has 2 aromatic rings. The third kappa shape index (κ3) is 6.82. The van der Waals surface area contributed by atoms with Crippen LogP contribution >= 0.6 is 0 Å². The highest BCUT2D eigenvalue weighted by Crippen LogP contribution is 2.24. The lowest BCUT2D eigenvalue weighted by Gasteiger charge is -2.16. The Bertz CT molecular complexity index is 659. The molecular weight excluding hydrogens is 318 g/mol. The molecule has 0 saturated heterocycles. The quantitative estimate of drug-likeness (QED) is 0.411. The van der Waals surface area contributed by atoms with Gasteiger partial charge in [-0.3, -0.25) is 4.79 Å². The molecule has 2 aromatic carbocycles. The third-order valence-corrected chi connectivity index (χ3v) is 5.17. The molecule has 0 spiro atoms. The van der Waals surface area contributed by atoms with Gasteiger partial charge in [0, 0.05) is 6.42 Å². The number of nitrogens with one attached hydrogen (secondary N) is 1. The number of carbonyl (C=O) groups is 1. The Labute approximate surface area is 159 Å². The number of hydrogen-bond donors (Lipinski definition) is 1. The first kappa shape index (κ1) is 20.5. The van der Waals surface area contributed by atoms with E-state index in [2.05, 4.69) is 61.6 Å². The molecule has 26 heavy (non-hydrogen) atoms. The van der Waals surface area contributed by atoms with E-state index in [9.17, 15) is 4.79 Å². The van der Waals surface area contributed by atoms with Crippen molar-refractivity contribution in [1.82, 2.24) is 5.32 Å². The maximum atomic E-state index is 12.3. The van der Waals surface area contributed by atoms with E-state index >= 15 is 0 Å². The predicted molar refractivity (Wildman–Crippen MR) is 112 cm³/mol. The van der Waals surface area contributed by atoms with Gasteiger partial charge in [-0.05, 0) is 29.7 Å². The standard InChI is InChI=1S/C24H35NO/c1-3-4-5-6-7-8-9-10-11-19-24(26)25-20(2)22-18-14-16-21-15-12-13-17-23(21)22/h12-18,20H,3-11,19H2,1-2H3,(H,25,26). The van der Waals surface area contributed by atoms with Gasteiger partial charge in [-0.2, -0.15) is 0 Å². The van der Waals surface area contributed by atoms with Crippen LogP contribution in [0.3, 0.4) is 0 Å². The van der Waals surface area contributed by atoms with Crippen LogP contribution in [0.15, 0.2) is 42.5 Å². The van der Waals surface area contributed by atoms with Gasteiger partial charge in [-0.15, -0.1) is 0 Å². The molecule has 1 atom stereocenters. The van der Waals surface area contributed by atoms with Crippen molar-refractivity contribution in [2.75, 3.05) is 0 Å². The molecule has 0 bridgehead atoms. The van der Waals surface area contributed by atoms with Crippen LogP contribution in [0.25, 0.3) is 10.8 Å². The second kappa shape index (κ2) is 11.7. The van der Waals surface area contributed by atoms with E-state index < -0.39 is 0 Å². The fraction of sp³-hybridized carbons (Fsp3) is 0.542. The first-order valence-corrected chi connectivity index (χ1v) is 10.5. The fourth-order valence-electron chi connectivity index (χ4n) is 3.62. The number of hydrogen-bond acceptors (Lipinski definition) is 1. The van der Waals surface area contributed by atoms with Gasteiger partial charge < -0.3 is 5.32 Å².